The molecule has 90 valence electrons. The molecule has 0 saturated heterocycles. The van der Waals surface area contributed by atoms with Crippen molar-refractivity contribution in [3.05, 3.63) is 47.0 Å². The van der Waals surface area contributed by atoms with Crippen LogP contribution >= 0.6 is 11.6 Å². The van der Waals surface area contributed by atoms with Gasteiger partial charge < -0.3 is 9.88 Å². The SMILES string of the molecule is Cn1cnnc1CNCCc1ccc(Cl)cc1. The van der Waals surface area contributed by atoms with Gasteiger partial charge in [0.2, 0.25) is 0 Å². The molecule has 2 rings (SSSR count). The fraction of sp³-hybridized carbons (Fsp3) is 0.333. The van der Waals surface area contributed by atoms with Crippen molar-refractivity contribution < 1.29 is 0 Å². The molecule has 0 fully saturated rings. The summed E-state index contributed by atoms with van der Waals surface area (Å²) >= 11 is 5.82. The van der Waals surface area contributed by atoms with Gasteiger partial charge in [0, 0.05) is 12.1 Å². The van der Waals surface area contributed by atoms with E-state index in [2.05, 4.69) is 15.5 Å². The minimum atomic E-state index is 0.740. The lowest BCUT2D eigenvalue weighted by Crippen LogP contribution is -2.19. The fourth-order valence-corrected chi connectivity index (χ4v) is 1.68. The predicted molar refractivity (Wildman–Crippen MR) is 67.9 cm³/mol. The maximum absolute atomic E-state index is 5.82. The normalized spacial score (nSPS) is 10.7. The number of nitrogens with one attached hydrogen (secondary N) is 1. The summed E-state index contributed by atoms with van der Waals surface area (Å²) in [4.78, 5) is 0. The summed E-state index contributed by atoms with van der Waals surface area (Å²) in [6.45, 7) is 1.65. The van der Waals surface area contributed by atoms with Crippen molar-refractivity contribution in [2.75, 3.05) is 6.54 Å². The Hall–Kier alpha value is -1.39. The van der Waals surface area contributed by atoms with Crippen LogP contribution in [0.25, 0.3) is 0 Å². The van der Waals surface area contributed by atoms with Gasteiger partial charge in [-0.1, -0.05) is 23.7 Å². The molecule has 0 aliphatic rings. The molecule has 1 aromatic heterocycles. The van der Waals surface area contributed by atoms with Gasteiger partial charge >= 0.3 is 0 Å². The third-order valence-corrected chi connectivity index (χ3v) is 2.84. The van der Waals surface area contributed by atoms with Crippen LogP contribution in [0.5, 0.6) is 0 Å². The van der Waals surface area contributed by atoms with Crippen LogP contribution in [-0.4, -0.2) is 21.3 Å². The monoisotopic (exact) mass is 250 g/mol. The van der Waals surface area contributed by atoms with Gasteiger partial charge in [-0.25, -0.2) is 0 Å². The molecule has 0 radical (unpaired) electrons. The molecule has 17 heavy (non-hydrogen) atoms. The summed E-state index contributed by atoms with van der Waals surface area (Å²) in [5.74, 6) is 0.945. The molecule has 0 bridgehead atoms. The molecule has 0 spiro atoms. The number of halogens is 1. The smallest absolute Gasteiger partial charge is 0.146 e. The highest BCUT2D eigenvalue weighted by Gasteiger charge is 1.99. The molecule has 5 heteroatoms. The van der Waals surface area contributed by atoms with E-state index in [9.17, 15) is 0 Å². The van der Waals surface area contributed by atoms with Crippen LogP contribution in [0.3, 0.4) is 0 Å². The van der Waals surface area contributed by atoms with E-state index >= 15 is 0 Å². The lowest BCUT2D eigenvalue weighted by molar-refractivity contribution is 0.636. The van der Waals surface area contributed by atoms with Crippen molar-refractivity contribution >= 4 is 11.6 Å². The average Bonchev–Trinajstić information content (AvgIpc) is 2.73. The van der Waals surface area contributed by atoms with Crippen LogP contribution < -0.4 is 5.32 Å². The van der Waals surface area contributed by atoms with Gasteiger partial charge in [-0.2, -0.15) is 0 Å². The van der Waals surface area contributed by atoms with Crippen molar-refractivity contribution in [2.45, 2.75) is 13.0 Å². The number of aryl methyl sites for hydroxylation is 1. The average molecular weight is 251 g/mol. The van der Waals surface area contributed by atoms with E-state index in [0.29, 0.717) is 0 Å². The third kappa shape index (κ3) is 3.54. The lowest BCUT2D eigenvalue weighted by atomic mass is 10.1. The van der Waals surface area contributed by atoms with Gasteiger partial charge in [0.05, 0.1) is 6.54 Å². The predicted octanol–water partition coefficient (Wildman–Crippen LogP) is 1.80. The standard InChI is InChI=1S/C12H15ClN4/c1-17-9-15-16-12(17)8-14-7-6-10-2-4-11(13)5-3-10/h2-5,9,14H,6-8H2,1H3. The summed E-state index contributed by atoms with van der Waals surface area (Å²) in [5, 5.41) is 11.9. The molecule has 0 atom stereocenters. The molecule has 1 heterocycles. The van der Waals surface area contributed by atoms with Crippen molar-refractivity contribution in [1.82, 2.24) is 20.1 Å². The van der Waals surface area contributed by atoms with E-state index in [1.54, 1.807) is 6.33 Å². The molecule has 0 amide bonds. The van der Waals surface area contributed by atoms with E-state index in [1.807, 2.05) is 35.9 Å². The van der Waals surface area contributed by atoms with E-state index in [4.69, 9.17) is 11.6 Å². The molecule has 1 aromatic carbocycles. The summed E-state index contributed by atoms with van der Waals surface area (Å²) in [6.07, 6.45) is 2.69. The highest BCUT2D eigenvalue weighted by atomic mass is 35.5. The van der Waals surface area contributed by atoms with Crippen molar-refractivity contribution in [2.24, 2.45) is 7.05 Å². The Morgan fingerprint density at radius 1 is 1.29 bits per heavy atom. The Morgan fingerprint density at radius 2 is 2.06 bits per heavy atom. The van der Waals surface area contributed by atoms with E-state index < -0.39 is 0 Å². The molecule has 2 aromatic rings. The van der Waals surface area contributed by atoms with Crippen molar-refractivity contribution in [3.8, 4) is 0 Å². The highest BCUT2D eigenvalue weighted by molar-refractivity contribution is 6.30. The first-order chi connectivity index (χ1) is 8.25. The molecule has 1 N–H and O–H groups in total. The molecular weight excluding hydrogens is 236 g/mol. The van der Waals surface area contributed by atoms with Crippen LogP contribution in [0, 0.1) is 0 Å². The van der Waals surface area contributed by atoms with Crippen LogP contribution in [0.4, 0.5) is 0 Å². The molecule has 0 unspecified atom stereocenters. The van der Waals surface area contributed by atoms with Gasteiger partial charge in [-0.15, -0.1) is 10.2 Å². The number of hydrogen-bond donors (Lipinski definition) is 1. The number of nitrogens with zero attached hydrogens (tertiary/aromatic N) is 3. The minimum absolute atomic E-state index is 0.740. The first-order valence-corrected chi connectivity index (χ1v) is 5.91. The molecule has 0 aliphatic carbocycles. The Bertz CT molecular complexity index is 464. The van der Waals surface area contributed by atoms with Crippen molar-refractivity contribution in [1.29, 1.82) is 0 Å². The third-order valence-electron chi connectivity index (χ3n) is 2.59. The van der Waals surface area contributed by atoms with E-state index in [1.165, 1.54) is 5.56 Å². The summed E-state index contributed by atoms with van der Waals surface area (Å²) in [6, 6.07) is 7.93. The zero-order valence-corrected chi connectivity index (χ0v) is 10.5. The van der Waals surface area contributed by atoms with Crippen LogP contribution in [0.15, 0.2) is 30.6 Å². The summed E-state index contributed by atoms with van der Waals surface area (Å²) in [7, 11) is 1.94. The Morgan fingerprint density at radius 3 is 2.71 bits per heavy atom. The zero-order chi connectivity index (χ0) is 12.1. The van der Waals surface area contributed by atoms with Gasteiger partial charge in [-0.3, -0.25) is 0 Å². The second-order valence-electron chi connectivity index (χ2n) is 3.91. The maximum Gasteiger partial charge on any atom is 0.146 e. The van der Waals surface area contributed by atoms with E-state index in [0.717, 1.165) is 30.4 Å². The number of benzene rings is 1. The summed E-state index contributed by atoms with van der Waals surface area (Å²) in [5.41, 5.74) is 1.28. The number of aromatic nitrogens is 3. The Kier molecular flexibility index (Phi) is 4.12. The quantitative estimate of drug-likeness (QED) is 0.823. The van der Waals surface area contributed by atoms with Gasteiger partial charge in [0.15, 0.2) is 0 Å². The topological polar surface area (TPSA) is 42.7 Å². The number of rotatable bonds is 5. The second kappa shape index (κ2) is 5.80. The second-order valence-corrected chi connectivity index (χ2v) is 4.35. The van der Waals surface area contributed by atoms with E-state index in [-0.39, 0.29) is 0 Å². The first-order valence-electron chi connectivity index (χ1n) is 5.54. The zero-order valence-electron chi connectivity index (χ0n) is 9.73. The first kappa shape index (κ1) is 12.1. The van der Waals surface area contributed by atoms with Crippen LogP contribution in [0.1, 0.15) is 11.4 Å². The van der Waals surface area contributed by atoms with Gasteiger partial charge in [0.1, 0.15) is 12.2 Å². The molecule has 0 saturated carbocycles. The maximum atomic E-state index is 5.82. The minimum Gasteiger partial charge on any atom is -0.320 e. The van der Waals surface area contributed by atoms with Crippen LogP contribution in [0.2, 0.25) is 5.02 Å². The largest absolute Gasteiger partial charge is 0.320 e. The fourth-order valence-electron chi connectivity index (χ4n) is 1.55. The highest BCUT2D eigenvalue weighted by Crippen LogP contribution is 2.09. The summed E-state index contributed by atoms with van der Waals surface area (Å²) < 4.78 is 1.91. The molecule has 0 aliphatic heterocycles. The molecular formula is C12H15ClN4. The Balaban J connectivity index is 1.73. The van der Waals surface area contributed by atoms with Crippen LogP contribution in [-0.2, 0) is 20.0 Å². The molecule has 4 nitrogen and oxygen atoms in total. The van der Waals surface area contributed by atoms with Gasteiger partial charge in [-0.05, 0) is 30.7 Å². The Labute approximate surface area is 106 Å². The lowest BCUT2D eigenvalue weighted by Gasteiger charge is -2.04. The number of hydrogen-bond acceptors (Lipinski definition) is 3. The van der Waals surface area contributed by atoms with Crippen molar-refractivity contribution in [3.63, 3.8) is 0 Å². The van der Waals surface area contributed by atoms with Gasteiger partial charge in [0.25, 0.3) is 0 Å².